The molecule has 7 atom stereocenters. The van der Waals surface area contributed by atoms with E-state index in [1.54, 1.807) is 4.57 Å². The monoisotopic (exact) mass is 571 g/mol. The number of hydrogen-bond acceptors (Lipinski definition) is 7. The number of carbonyl (C=O) groups excluding carboxylic acids is 2. The number of benzene rings is 1. The van der Waals surface area contributed by atoms with E-state index in [4.69, 9.17) is 10.5 Å². The average molecular weight is 572 g/mol. The van der Waals surface area contributed by atoms with Gasteiger partial charge in [0.2, 0.25) is 5.95 Å². The fourth-order valence-electron chi connectivity index (χ4n) is 9.61. The summed E-state index contributed by atoms with van der Waals surface area (Å²) in [5.41, 5.74) is 7.53. The minimum absolute atomic E-state index is 0.0324. The summed E-state index contributed by atoms with van der Waals surface area (Å²) in [6.45, 7) is 5.02. The number of esters is 1. The molecule has 0 spiro atoms. The van der Waals surface area contributed by atoms with Crippen molar-refractivity contribution in [3.05, 3.63) is 52.6 Å². The predicted molar refractivity (Wildman–Crippen MR) is 158 cm³/mol. The molecule has 0 bridgehead atoms. The fourth-order valence-corrected chi connectivity index (χ4v) is 9.61. The SMILES string of the molecule is C[C@]12CCC(=O)C[C@@H]1CC[C@@H]1[C@@H]2CC[C@]2(C)C(OC(=O)Cn3cnc4c(=O)n(Cc5ccccc5)c(N)nc43)CC[C@@H]12. The molecule has 0 amide bonds. The van der Waals surface area contributed by atoms with E-state index in [-0.39, 0.29) is 46.5 Å². The highest BCUT2D eigenvalue weighted by molar-refractivity contribution is 5.79. The molecule has 9 heteroatoms. The van der Waals surface area contributed by atoms with Crippen LogP contribution in [0.5, 0.6) is 0 Å². The Morgan fingerprint density at radius 3 is 2.62 bits per heavy atom. The van der Waals surface area contributed by atoms with Crippen LogP contribution in [0, 0.1) is 34.5 Å². The molecule has 2 heterocycles. The maximum absolute atomic E-state index is 13.3. The third kappa shape index (κ3) is 4.30. The lowest BCUT2D eigenvalue weighted by Gasteiger charge is -2.60. The summed E-state index contributed by atoms with van der Waals surface area (Å²) in [7, 11) is 0. The molecule has 0 saturated heterocycles. The van der Waals surface area contributed by atoms with Gasteiger partial charge in [-0.05, 0) is 79.6 Å². The van der Waals surface area contributed by atoms with Crippen molar-refractivity contribution >= 4 is 28.9 Å². The third-order valence-corrected chi connectivity index (χ3v) is 11.9. The summed E-state index contributed by atoms with van der Waals surface area (Å²) < 4.78 is 9.20. The minimum atomic E-state index is -0.335. The molecule has 2 N–H and O–H groups in total. The Balaban J connectivity index is 1.05. The molecule has 4 fully saturated rings. The quantitative estimate of drug-likeness (QED) is 0.439. The van der Waals surface area contributed by atoms with E-state index >= 15 is 0 Å². The van der Waals surface area contributed by atoms with Gasteiger partial charge in [-0.15, -0.1) is 0 Å². The smallest absolute Gasteiger partial charge is 0.326 e. The molecule has 0 radical (unpaired) electrons. The van der Waals surface area contributed by atoms with Gasteiger partial charge in [0.25, 0.3) is 5.56 Å². The maximum atomic E-state index is 13.3. The molecule has 0 aliphatic heterocycles. The first-order valence-electron chi connectivity index (χ1n) is 15.6. The van der Waals surface area contributed by atoms with E-state index in [0.29, 0.717) is 41.6 Å². The highest BCUT2D eigenvalue weighted by atomic mass is 16.5. The third-order valence-electron chi connectivity index (χ3n) is 11.9. The second-order valence-electron chi connectivity index (χ2n) is 13.9. The topological polar surface area (TPSA) is 122 Å². The second kappa shape index (κ2) is 10.1. The number of carbonyl (C=O) groups is 2. The van der Waals surface area contributed by atoms with Gasteiger partial charge in [0.15, 0.2) is 11.2 Å². The number of rotatable bonds is 5. The first-order valence-corrected chi connectivity index (χ1v) is 15.6. The number of nitrogens with two attached hydrogens (primary N) is 1. The number of nitrogens with zero attached hydrogens (tertiary/aromatic N) is 4. The van der Waals surface area contributed by atoms with Crippen LogP contribution in [0.4, 0.5) is 5.95 Å². The highest BCUT2D eigenvalue weighted by Gasteiger charge is 2.61. The molecule has 4 aliphatic rings. The van der Waals surface area contributed by atoms with Crippen LogP contribution in [0.15, 0.2) is 41.5 Å². The standard InChI is InChI=1S/C33H41N5O4/c1-32-14-12-22(39)16-21(32)8-9-23-24-10-11-26(33(24,2)15-13-25(23)32)42-27(40)18-37-19-35-28-29(37)36-31(34)38(30(28)41)17-20-6-4-3-5-7-20/h3-7,19,21,23-26H,8-18H2,1-2H3,(H2,34,36)/t21-,23-,24-,25-,26?,32-,33-/m0/s1. The van der Waals surface area contributed by atoms with Gasteiger partial charge in [-0.1, -0.05) is 44.2 Å². The Hall–Kier alpha value is -3.49. The van der Waals surface area contributed by atoms with Crippen LogP contribution in [0.25, 0.3) is 11.2 Å². The first-order chi connectivity index (χ1) is 20.2. The predicted octanol–water partition coefficient (Wildman–Crippen LogP) is 4.75. The average Bonchev–Trinajstić information content (AvgIpc) is 3.52. The number of hydrogen-bond donors (Lipinski definition) is 1. The Morgan fingerprint density at radius 1 is 1.02 bits per heavy atom. The van der Waals surface area contributed by atoms with Crippen molar-refractivity contribution in [2.24, 2.45) is 34.5 Å². The van der Waals surface area contributed by atoms with Crippen LogP contribution >= 0.6 is 0 Å². The largest absolute Gasteiger partial charge is 0.460 e. The Labute approximate surface area is 245 Å². The number of anilines is 1. The molecule has 4 saturated carbocycles. The Bertz CT molecular complexity index is 1600. The summed E-state index contributed by atoms with van der Waals surface area (Å²) in [6.07, 6.45) is 10.4. The van der Waals surface area contributed by atoms with E-state index in [9.17, 15) is 14.4 Å². The van der Waals surface area contributed by atoms with Crippen molar-refractivity contribution in [1.29, 1.82) is 0 Å². The van der Waals surface area contributed by atoms with E-state index in [0.717, 1.165) is 56.9 Å². The summed E-state index contributed by atoms with van der Waals surface area (Å²) in [4.78, 5) is 47.5. The van der Waals surface area contributed by atoms with Crippen LogP contribution in [0.1, 0.15) is 77.2 Å². The number of ketones is 1. The van der Waals surface area contributed by atoms with Crippen molar-refractivity contribution < 1.29 is 14.3 Å². The highest BCUT2D eigenvalue weighted by Crippen LogP contribution is 2.66. The van der Waals surface area contributed by atoms with Crippen molar-refractivity contribution in [2.75, 3.05) is 5.73 Å². The Kier molecular flexibility index (Phi) is 6.55. The van der Waals surface area contributed by atoms with E-state index < -0.39 is 0 Å². The number of Topliss-reactive ketones (excluding diaryl/α,β-unsaturated/α-hetero) is 1. The van der Waals surface area contributed by atoms with Gasteiger partial charge in [0.05, 0.1) is 12.9 Å². The number of ether oxygens (including phenoxy) is 1. The normalized spacial score (nSPS) is 34.0. The lowest BCUT2D eigenvalue weighted by molar-refractivity contribution is -0.164. The van der Waals surface area contributed by atoms with Crippen LogP contribution in [-0.2, 0) is 27.4 Å². The molecule has 1 aromatic carbocycles. The van der Waals surface area contributed by atoms with Crippen LogP contribution in [0.3, 0.4) is 0 Å². The maximum Gasteiger partial charge on any atom is 0.326 e. The van der Waals surface area contributed by atoms with Crippen LogP contribution in [-0.4, -0.2) is 37.0 Å². The number of nitrogen functional groups attached to an aromatic ring is 1. The van der Waals surface area contributed by atoms with Crippen molar-refractivity contribution in [3.8, 4) is 0 Å². The van der Waals surface area contributed by atoms with Gasteiger partial charge >= 0.3 is 5.97 Å². The molecule has 42 heavy (non-hydrogen) atoms. The minimum Gasteiger partial charge on any atom is -0.460 e. The van der Waals surface area contributed by atoms with E-state index in [1.807, 2.05) is 30.3 Å². The molecule has 9 nitrogen and oxygen atoms in total. The molecule has 7 rings (SSSR count). The van der Waals surface area contributed by atoms with Crippen molar-refractivity contribution in [2.45, 2.75) is 90.8 Å². The lowest BCUT2D eigenvalue weighted by atomic mass is 9.45. The zero-order valence-corrected chi connectivity index (χ0v) is 24.6. The fraction of sp³-hybridized carbons (Fsp3) is 0.606. The molecule has 2 aromatic heterocycles. The van der Waals surface area contributed by atoms with Gasteiger partial charge in [0.1, 0.15) is 18.4 Å². The summed E-state index contributed by atoms with van der Waals surface area (Å²) in [5.74, 6) is 2.59. The van der Waals surface area contributed by atoms with Crippen LogP contribution in [0.2, 0.25) is 0 Å². The Morgan fingerprint density at radius 2 is 1.81 bits per heavy atom. The van der Waals surface area contributed by atoms with Gasteiger partial charge < -0.3 is 15.0 Å². The molecule has 1 unspecified atom stereocenters. The first kappa shape index (κ1) is 27.3. The number of fused-ring (bicyclic) bond motifs is 6. The second-order valence-corrected chi connectivity index (χ2v) is 13.9. The zero-order valence-electron chi connectivity index (χ0n) is 24.6. The lowest BCUT2D eigenvalue weighted by Crippen LogP contribution is -2.54. The molecular formula is C33H41N5O4. The van der Waals surface area contributed by atoms with Gasteiger partial charge in [-0.25, -0.2) is 4.98 Å². The summed E-state index contributed by atoms with van der Waals surface area (Å²) in [6, 6.07) is 9.59. The summed E-state index contributed by atoms with van der Waals surface area (Å²) >= 11 is 0. The van der Waals surface area contributed by atoms with Gasteiger partial charge in [-0.2, -0.15) is 4.98 Å². The van der Waals surface area contributed by atoms with Crippen molar-refractivity contribution in [3.63, 3.8) is 0 Å². The zero-order chi connectivity index (χ0) is 29.2. The van der Waals surface area contributed by atoms with Crippen molar-refractivity contribution in [1.82, 2.24) is 19.1 Å². The molecule has 3 aromatic rings. The molecular weight excluding hydrogens is 530 g/mol. The van der Waals surface area contributed by atoms with Gasteiger partial charge in [-0.3, -0.25) is 19.0 Å². The molecule has 4 aliphatic carbocycles. The molecule has 222 valence electrons. The summed E-state index contributed by atoms with van der Waals surface area (Å²) in [5, 5.41) is 0. The van der Waals surface area contributed by atoms with Crippen LogP contribution < -0.4 is 11.3 Å². The number of aromatic nitrogens is 4. The van der Waals surface area contributed by atoms with E-state index in [1.165, 1.54) is 17.3 Å². The van der Waals surface area contributed by atoms with Gasteiger partial charge in [0, 0.05) is 18.3 Å². The number of imidazole rings is 1. The van der Waals surface area contributed by atoms with E-state index in [2.05, 4.69) is 23.8 Å².